The third-order valence-electron chi connectivity index (χ3n) is 3.12. The van der Waals surface area contributed by atoms with Crippen LogP contribution in [-0.4, -0.2) is 26.5 Å². The second kappa shape index (κ2) is 5.42. The molecule has 8 nitrogen and oxygen atoms in total. The summed E-state index contributed by atoms with van der Waals surface area (Å²) in [5.74, 6) is 0.193. The summed E-state index contributed by atoms with van der Waals surface area (Å²) in [6.45, 7) is 0. The molecule has 0 fully saturated rings. The number of aromatic nitrogens is 4. The molecule has 3 rings (SSSR count). The first-order chi connectivity index (χ1) is 10.3. The normalized spacial score (nSPS) is 14.0. The van der Waals surface area contributed by atoms with Crippen molar-refractivity contribution in [2.45, 2.75) is 12.8 Å². The molecule has 2 aromatic rings. The lowest BCUT2D eigenvalue weighted by Crippen LogP contribution is -2.19. The van der Waals surface area contributed by atoms with Gasteiger partial charge in [-0.3, -0.25) is 4.79 Å². The number of carbonyl (C=O) groups is 1. The number of tetrazole rings is 1. The zero-order valence-electron chi connectivity index (χ0n) is 10.9. The van der Waals surface area contributed by atoms with E-state index < -0.39 is 0 Å². The fourth-order valence-electron chi connectivity index (χ4n) is 2.10. The number of allylic oxidation sites excluding steroid dienone is 1. The summed E-state index contributed by atoms with van der Waals surface area (Å²) in [7, 11) is 0. The summed E-state index contributed by atoms with van der Waals surface area (Å²) in [5, 5.41) is 28.2. The predicted octanol–water partition coefficient (Wildman–Crippen LogP) is 1.06. The van der Waals surface area contributed by atoms with Gasteiger partial charge in [0.25, 0.3) is 0 Å². The molecule has 1 aromatic heterocycles. The number of benzene rings is 1. The first kappa shape index (κ1) is 12.8. The molecule has 21 heavy (non-hydrogen) atoms. The van der Waals surface area contributed by atoms with Gasteiger partial charge in [0.1, 0.15) is 11.6 Å². The van der Waals surface area contributed by atoms with Gasteiger partial charge in [0.05, 0.1) is 11.4 Å². The van der Waals surface area contributed by atoms with Crippen LogP contribution < -0.4 is 10.6 Å². The van der Waals surface area contributed by atoms with E-state index >= 15 is 0 Å². The van der Waals surface area contributed by atoms with Crippen molar-refractivity contribution in [2.75, 3.05) is 10.6 Å². The molecule has 0 atom stereocenters. The molecule has 1 aliphatic heterocycles. The van der Waals surface area contributed by atoms with Crippen molar-refractivity contribution in [1.82, 2.24) is 20.6 Å². The molecule has 3 N–H and O–H groups in total. The predicted molar refractivity (Wildman–Crippen MR) is 74.8 cm³/mol. The number of hydrogen-bond acceptors (Lipinski definition) is 6. The van der Waals surface area contributed by atoms with Crippen molar-refractivity contribution in [3.8, 4) is 6.07 Å². The maximum atomic E-state index is 11.5. The van der Waals surface area contributed by atoms with Crippen molar-refractivity contribution in [3.05, 3.63) is 35.8 Å². The first-order valence-corrected chi connectivity index (χ1v) is 6.30. The maximum Gasteiger partial charge on any atom is 0.224 e. The van der Waals surface area contributed by atoms with Crippen molar-refractivity contribution in [2.24, 2.45) is 0 Å². The lowest BCUT2D eigenvalue weighted by molar-refractivity contribution is -0.116. The largest absolute Gasteiger partial charge is 0.359 e. The molecule has 104 valence electrons. The number of nitrogens with one attached hydrogen (secondary N) is 3. The number of aryl methyl sites for hydroxylation is 1. The van der Waals surface area contributed by atoms with Gasteiger partial charge in [0, 0.05) is 12.6 Å². The average molecular weight is 281 g/mol. The van der Waals surface area contributed by atoms with Gasteiger partial charge in [-0.1, -0.05) is 12.1 Å². The number of nitriles is 1. The number of fused-ring (bicyclic) bond motifs is 1. The summed E-state index contributed by atoms with van der Waals surface area (Å²) in [4.78, 5) is 11.5. The highest BCUT2D eigenvalue weighted by Crippen LogP contribution is 2.30. The van der Waals surface area contributed by atoms with Crippen LogP contribution in [0.25, 0.3) is 5.57 Å². The summed E-state index contributed by atoms with van der Waals surface area (Å²) in [6, 6.07) is 7.68. The Hall–Kier alpha value is -3.21. The van der Waals surface area contributed by atoms with E-state index in [0.29, 0.717) is 12.8 Å². The van der Waals surface area contributed by atoms with Crippen LogP contribution in [0, 0.1) is 11.3 Å². The smallest absolute Gasteiger partial charge is 0.224 e. The number of amides is 1. The van der Waals surface area contributed by atoms with Gasteiger partial charge in [-0.25, -0.2) is 0 Å². The Morgan fingerprint density at radius 2 is 2.33 bits per heavy atom. The van der Waals surface area contributed by atoms with E-state index in [1.54, 1.807) is 0 Å². The lowest BCUT2D eigenvalue weighted by Gasteiger charge is -2.19. The van der Waals surface area contributed by atoms with Crippen LogP contribution in [0.4, 0.5) is 11.4 Å². The number of rotatable bonds is 3. The standard InChI is InChI=1S/C13H11N7O/c14-6-9(13-17-19-20-18-13)7-15-10-3-1-2-8-4-5-11(21)16-12(8)10/h1-3,7,15H,4-5H2,(H,16,21)(H,17,18,19,20). The van der Waals surface area contributed by atoms with Crippen LogP contribution in [0.15, 0.2) is 24.4 Å². The van der Waals surface area contributed by atoms with E-state index in [4.69, 9.17) is 5.26 Å². The molecule has 1 aliphatic rings. The van der Waals surface area contributed by atoms with Gasteiger partial charge in [0.15, 0.2) is 0 Å². The topological polar surface area (TPSA) is 119 Å². The van der Waals surface area contributed by atoms with Gasteiger partial charge in [-0.05, 0) is 23.3 Å². The molecule has 2 heterocycles. The van der Waals surface area contributed by atoms with Crippen LogP contribution in [0.1, 0.15) is 17.8 Å². The molecule has 1 amide bonds. The fourth-order valence-corrected chi connectivity index (χ4v) is 2.10. The zero-order chi connectivity index (χ0) is 14.7. The van der Waals surface area contributed by atoms with Gasteiger partial charge < -0.3 is 10.6 Å². The molecule has 1 aromatic carbocycles. The summed E-state index contributed by atoms with van der Waals surface area (Å²) in [5.41, 5.74) is 2.77. The third-order valence-corrected chi connectivity index (χ3v) is 3.12. The van der Waals surface area contributed by atoms with Crippen LogP contribution in [-0.2, 0) is 11.2 Å². The maximum absolute atomic E-state index is 11.5. The van der Waals surface area contributed by atoms with Crippen LogP contribution in [0.3, 0.4) is 0 Å². The minimum atomic E-state index is -0.0144. The monoisotopic (exact) mass is 281 g/mol. The Labute approximate surface area is 119 Å². The molecule has 0 radical (unpaired) electrons. The Morgan fingerprint density at radius 1 is 1.43 bits per heavy atom. The van der Waals surface area contributed by atoms with E-state index in [0.717, 1.165) is 16.9 Å². The Morgan fingerprint density at radius 3 is 3.10 bits per heavy atom. The van der Waals surface area contributed by atoms with E-state index in [1.165, 1.54) is 6.20 Å². The number of anilines is 2. The van der Waals surface area contributed by atoms with Gasteiger partial charge >= 0.3 is 0 Å². The minimum Gasteiger partial charge on any atom is -0.359 e. The number of hydrogen-bond donors (Lipinski definition) is 3. The van der Waals surface area contributed by atoms with Crippen LogP contribution >= 0.6 is 0 Å². The SMILES string of the molecule is N#CC(=CNc1cccc2c1NC(=O)CC2)c1nn[nH]n1. The van der Waals surface area contributed by atoms with Gasteiger partial charge in [0.2, 0.25) is 11.7 Å². The number of nitrogens with zero attached hydrogens (tertiary/aromatic N) is 4. The van der Waals surface area contributed by atoms with E-state index in [-0.39, 0.29) is 17.3 Å². The summed E-state index contributed by atoms with van der Waals surface area (Å²) >= 11 is 0. The molecule has 8 heteroatoms. The molecular weight excluding hydrogens is 270 g/mol. The summed E-state index contributed by atoms with van der Waals surface area (Å²) < 4.78 is 0. The first-order valence-electron chi connectivity index (χ1n) is 6.30. The van der Waals surface area contributed by atoms with Crippen molar-refractivity contribution in [3.63, 3.8) is 0 Å². The molecule has 0 bridgehead atoms. The average Bonchev–Trinajstić information content (AvgIpc) is 3.02. The Bertz CT molecular complexity index is 742. The molecule has 0 saturated heterocycles. The Kier molecular flexibility index (Phi) is 3.31. The lowest BCUT2D eigenvalue weighted by atomic mass is 10.0. The highest BCUT2D eigenvalue weighted by atomic mass is 16.1. The quantitative estimate of drug-likeness (QED) is 0.724. The molecular formula is C13H11N7O. The highest BCUT2D eigenvalue weighted by Gasteiger charge is 2.17. The Balaban J connectivity index is 1.89. The molecule has 0 unspecified atom stereocenters. The number of carbonyl (C=O) groups excluding carboxylic acids is 1. The number of aromatic amines is 1. The second-order valence-corrected chi connectivity index (χ2v) is 4.44. The molecule has 0 aliphatic carbocycles. The summed E-state index contributed by atoms with van der Waals surface area (Å²) in [6.07, 6.45) is 2.68. The van der Waals surface area contributed by atoms with E-state index in [9.17, 15) is 4.79 Å². The number of para-hydroxylation sites is 1. The fraction of sp³-hybridized carbons (Fsp3) is 0.154. The van der Waals surface area contributed by atoms with E-state index in [1.807, 2.05) is 24.3 Å². The van der Waals surface area contributed by atoms with Crippen molar-refractivity contribution < 1.29 is 4.79 Å². The van der Waals surface area contributed by atoms with Gasteiger partial charge in [-0.15, -0.1) is 10.2 Å². The second-order valence-electron chi connectivity index (χ2n) is 4.44. The van der Waals surface area contributed by atoms with Crippen LogP contribution in [0.2, 0.25) is 0 Å². The van der Waals surface area contributed by atoms with Crippen molar-refractivity contribution >= 4 is 22.9 Å². The van der Waals surface area contributed by atoms with Crippen LogP contribution in [0.5, 0.6) is 0 Å². The van der Waals surface area contributed by atoms with E-state index in [2.05, 4.69) is 31.3 Å². The van der Waals surface area contributed by atoms with Crippen molar-refractivity contribution in [1.29, 1.82) is 5.26 Å². The molecule has 0 spiro atoms. The zero-order valence-corrected chi connectivity index (χ0v) is 10.9. The highest BCUT2D eigenvalue weighted by molar-refractivity contribution is 5.98. The minimum absolute atomic E-state index is 0.0144. The number of H-pyrrole nitrogens is 1. The van der Waals surface area contributed by atoms with Gasteiger partial charge in [-0.2, -0.15) is 10.5 Å². The third kappa shape index (κ3) is 2.57. The molecule has 0 saturated carbocycles.